The number of carbonyl (C=O) groups is 1. The molecule has 146 valence electrons. The SMILES string of the molecule is Cc1cc(/C=N\NC(=O)c2csc(N3CCOCC3)n2)c(C)n1-c1nccs1. The van der Waals surface area contributed by atoms with E-state index in [4.69, 9.17) is 4.74 Å². The van der Waals surface area contributed by atoms with Crippen LogP contribution in [0.25, 0.3) is 5.13 Å². The predicted molar refractivity (Wildman–Crippen MR) is 111 cm³/mol. The molecule has 1 aliphatic rings. The van der Waals surface area contributed by atoms with E-state index in [2.05, 4.69) is 30.0 Å². The summed E-state index contributed by atoms with van der Waals surface area (Å²) in [5.41, 5.74) is 5.95. The number of ether oxygens (including phenoxy) is 1. The summed E-state index contributed by atoms with van der Waals surface area (Å²) in [6.45, 7) is 6.98. The van der Waals surface area contributed by atoms with Crippen molar-refractivity contribution in [1.29, 1.82) is 0 Å². The first-order valence-electron chi connectivity index (χ1n) is 8.84. The Balaban J connectivity index is 1.42. The third-order valence-corrected chi connectivity index (χ3v) is 6.11. The van der Waals surface area contributed by atoms with Gasteiger partial charge in [-0.3, -0.25) is 9.36 Å². The molecule has 0 bridgehead atoms. The molecule has 3 aromatic rings. The molecule has 0 radical (unpaired) electrons. The number of thiazole rings is 2. The molecule has 0 saturated carbocycles. The highest BCUT2D eigenvalue weighted by Gasteiger charge is 2.17. The number of hydrazone groups is 1. The zero-order valence-electron chi connectivity index (χ0n) is 15.6. The Morgan fingerprint density at radius 1 is 1.29 bits per heavy atom. The molecular weight excluding hydrogens is 396 g/mol. The third kappa shape index (κ3) is 3.84. The lowest BCUT2D eigenvalue weighted by Gasteiger charge is -2.25. The smallest absolute Gasteiger partial charge is 0.290 e. The molecular formula is C18H20N6O2S2. The van der Waals surface area contributed by atoms with Gasteiger partial charge in [0.2, 0.25) is 0 Å². The van der Waals surface area contributed by atoms with Crippen LogP contribution in [0, 0.1) is 13.8 Å². The predicted octanol–water partition coefficient (Wildman–Crippen LogP) is 2.61. The van der Waals surface area contributed by atoms with Crippen LogP contribution in [0.2, 0.25) is 0 Å². The summed E-state index contributed by atoms with van der Waals surface area (Å²) in [4.78, 5) is 23.2. The summed E-state index contributed by atoms with van der Waals surface area (Å²) in [7, 11) is 0. The average Bonchev–Trinajstić information content (AvgIpc) is 3.44. The molecule has 8 nitrogen and oxygen atoms in total. The van der Waals surface area contributed by atoms with Crippen molar-refractivity contribution in [3.05, 3.63) is 45.7 Å². The number of rotatable bonds is 5. The molecule has 28 heavy (non-hydrogen) atoms. The fourth-order valence-electron chi connectivity index (χ4n) is 3.03. The number of nitrogens with zero attached hydrogens (tertiary/aromatic N) is 5. The van der Waals surface area contributed by atoms with Crippen molar-refractivity contribution >= 4 is 39.9 Å². The number of carbonyl (C=O) groups excluding carboxylic acids is 1. The van der Waals surface area contributed by atoms with Gasteiger partial charge in [-0.25, -0.2) is 15.4 Å². The van der Waals surface area contributed by atoms with Gasteiger partial charge in [-0.2, -0.15) is 5.10 Å². The van der Waals surface area contributed by atoms with Crippen LogP contribution in [0.4, 0.5) is 5.13 Å². The first kappa shape index (κ1) is 18.8. The highest BCUT2D eigenvalue weighted by Crippen LogP contribution is 2.22. The molecule has 10 heteroatoms. The molecule has 0 unspecified atom stereocenters. The standard InChI is InChI=1S/C18H20N6O2S2/c1-12-9-14(13(2)24(12)17-19-3-8-27-17)10-20-22-16(25)15-11-28-18(21-15)23-4-6-26-7-5-23/h3,8-11H,4-7H2,1-2H3,(H,22,25)/b20-10-. The highest BCUT2D eigenvalue weighted by molar-refractivity contribution is 7.14. The summed E-state index contributed by atoms with van der Waals surface area (Å²) in [5, 5.41) is 9.56. The van der Waals surface area contributed by atoms with Gasteiger partial charge in [0.25, 0.3) is 5.91 Å². The summed E-state index contributed by atoms with van der Waals surface area (Å²) >= 11 is 3.03. The number of anilines is 1. The van der Waals surface area contributed by atoms with Crippen molar-refractivity contribution in [2.75, 3.05) is 31.2 Å². The topological polar surface area (TPSA) is 84.6 Å². The summed E-state index contributed by atoms with van der Waals surface area (Å²) in [6.07, 6.45) is 3.44. The zero-order valence-corrected chi connectivity index (χ0v) is 17.2. The molecule has 0 spiro atoms. The first-order chi connectivity index (χ1) is 13.6. The van der Waals surface area contributed by atoms with Gasteiger partial charge in [0.1, 0.15) is 5.69 Å². The number of hydrogen-bond acceptors (Lipinski definition) is 8. The quantitative estimate of drug-likeness (QED) is 0.511. The second-order valence-corrected chi connectivity index (χ2v) is 8.00. The summed E-state index contributed by atoms with van der Waals surface area (Å²) in [5.74, 6) is -0.319. The Morgan fingerprint density at radius 3 is 2.86 bits per heavy atom. The Kier molecular flexibility index (Phi) is 5.51. The summed E-state index contributed by atoms with van der Waals surface area (Å²) in [6, 6.07) is 2.02. The van der Waals surface area contributed by atoms with E-state index in [0.29, 0.717) is 18.9 Å². The zero-order chi connectivity index (χ0) is 19.5. The highest BCUT2D eigenvalue weighted by atomic mass is 32.1. The van der Waals surface area contributed by atoms with Crippen LogP contribution in [-0.2, 0) is 4.74 Å². The lowest BCUT2D eigenvalue weighted by molar-refractivity contribution is 0.0951. The van der Waals surface area contributed by atoms with Gasteiger partial charge in [0.05, 0.1) is 19.4 Å². The van der Waals surface area contributed by atoms with Crippen molar-refractivity contribution in [1.82, 2.24) is 20.0 Å². The maximum Gasteiger partial charge on any atom is 0.290 e. The number of aryl methyl sites for hydroxylation is 1. The Hall–Kier alpha value is -2.56. The van der Waals surface area contributed by atoms with E-state index in [1.165, 1.54) is 11.3 Å². The Morgan fingerprint density at radius 2 is 2.11 bits per heavy atom. The molecule has 1 amide bonds. The van der Waals surface area contributed by atoms with Gasteiger partial charge in [-0.15, -0.1) is 22.7 Å². The molecule has 3 aromatic heterocycles. The van der Waals surface area contributed by atoms with E-state index in [1.54, 1.807) is 29.1 Å². The van der Waals surface area contributed by atoms with Gasteiger partial charge in [-0.1, -0.05) is 0 Å². The number of nitrogens with one attached hydrogen (secondary N) is 1. The van der Waals surface area contributed by atoms with E-state index in [0.717, 1.165) is 40.3 Å². The Bertz CT molecular complexity index is 986. The van der Waals surface area contributed by atoms with Crippen molar-refractivity contribution in [2.24, 2.45) is 5.10 Å². The first-order valence-corrected chi connectivity index (χ1v) is 10.6. The van der Waals surface area contributed by atoms with Gasteiger partial charge in [0, 0.05) is 47.0 Å². The van der Waals surface area contributed by atoms with E-state index in [-0.39, 0.29) is 5.91 Å². The molecule has 1 N–H and O–H groups in total. The molecule has 0 aromatic carbocycles. The van der Waals surface area contributed by atoms with Gasteiger partial charge >= 0.3 is 0 Å². The van der Waals surface area contributed by atoms with Gasteiger partial charge in [-0.05, 0) is 19.9 Å². The second-order valence-electron chi connectivity index (χ2n) is 6.29. The minimum absolute atomic E-state index is 0.319. The lowest BCUT2D eigenvalue weighted by atomic mass is 10.3. The van der Waals surface area contributed by atoms with Crippen LogP contribution < -0.4 is 10.3 Å². The van der Waals surface area contributed by atoms with Crippen molar-refractivity contribution < 1.29 is 9.53 Å². The fourth-order valence-corrected chi connectivity index (χ4v) is 4.64. The lowest BCUT2D eigenvalue weighted by Crippen LogP contribution is -2.36. The Labute approximate surface area is 170 Å². The van der Waals surface area contributed by atoms with Crippen LogP contribution in [-0.4, -0.2) is 53.0 Å². The molecule has 1 saturated heterocycles. The van der Waals surface area contributed by atoms with Crippen molar-refractivity contribution in [2.45, 2.75) is 13.8 Å². The average molecular weight is 417 g/mol. The molecule has 1 fully saturated rings. The molecule has 4 heterocycles. The second kappa shape index (κ2) is 8.21. The molecule has 0 atom stereocenters. The van der Waals surface area contributed by atoms with Crippen LogP contribution in [0.15, 0.2) is 28.1 Å². The van der Waals surface area contributed by atoms with Crippen LogP contribution >= 0.6 is 22.7 Å². The van der Waals surface area contributed by atoms with Crippen LogP contribution in [0.5, 0.6) is 0 Å². The molecule has 1 aliphatic heterocycles. The normalized spacial score (nSPS) is 14.7. The maximum atomic E-state index is 12.3. The molecule has 0 aliphatic carbocycles. The van der Waals surface area contributed by atoms with Gasteiger partial charge < -0.3 is 9.64 Å². The largest absolute Gasteiger partial charge is 0.378 e. The van der Waals surface area contributed by atoms with Crippen molar-refractivity contribution in [3.8, 4) is 5.13 Å². The number of hydrogen-bond donors (Lipinski definition) is 1. The fraction of sp³-hybridized carbons (Fsp3) is 0.333. The third-order valence-electron chi connectivity index (χ3n) is 4.46. The van der Waals surface area contributed by atoms with E-state index in [9.17, 15) is 4.79 Å². The van der Waals surface area contributed by atoms with Crippen LogP contribution in [0.3, 0.4) is 0 Å². The van der Waals surface area contributed by atoms with E-state index >= 15 is 0 Å². The maximum absolute atomic E-state index is 12.3. The van der Waals surface area contributed by atoms with Gasteiger partial charge in [0.15, 0.2) is 10.3 Å². The van der Waals surface area contributed by atoms with Crippen molar-refractivity contribution in [3.63, 3.8) is 0 Å². The minimum Gasteiger partial charge on any atom is -0.378 e. The van der Waals surface area contributed by atoms with E-state index in [1.807, 2.05) is 25.3 Å². The van der Waals surface area contributed by atoms with E-state index < -0.39 is 0 Å². The number of aromatic nitrogens is 3. The number of amides is 1. The summed E-state index contributed by atoms with van der Waals surface area (Å²) < 4.78 is 7.42. The minimum atomic E-state index is -0.319. The van der Waals surface area contributed by atoms with Crippen LogP contribution in [0.1, 0.15) is 27.4 Å². The molecule has 4 rings (SSSR count). The number of morpholine rings is 1. The monoisotopic (exact) mass is 416 g/mol.